The van der Waals surface area contributed by atoms with Gasteiger partial charge in [0, 0.05) is 0 Å². The van der Waals surface area contributed by atoms with Crippen LogP contribution >= 0.6 is 0 Å². The summed E-state index contributed by atoms with van der Waals surface area (Å²) in [6.07, 6.45) is 5.21. The van der Waals surface area contributed by atoms with Crippen LogP contribution in [0.2, 0.25) is 0 Å². The maximum absolute atomic E-state index is 10.2. The minimum Gasteiger partial charge on any atom is -0.393 e. The molecule has 3 saturated carbocycles. The zero-order chi connectivity index (χ0) is 11.7. The van der Waals surface area contributed by atoms with E-state index in [-0.39, 0.29) is 6.10 Å². The van der Waals surface area contributed by atoms with Gasteiger partial charge in [0.05, 0.1) is 6.10 Å². The van der Waals surface area contributed by atoms with Crippen molar-refractivity contribution < 1.29 is 5.11 Å². The molecule has 6 atom stereocenters. The summed E-state index contributed by atoms with van der Waals surface area (Å²) in [4.78, 5) is 0. The highest BCUT2D eigenvalue weighted by atomic mass is 16.3. The van der Waals surface area contributed by atoms with Crippen LogP contribution in [0.4, 0.5) is 0 Å². The summed E-state index contributed by atoms with van der Waals surface area (Å²) >= 11 is 0. The molecule has 3 aliphatic carbocycles. The first-order valence-electron chi connectivity index (χ1n) is 7.07. The van der Waals surface area contributed by atoms with Gasteiger partial charge in [-0.2, -0.15) is 0 Å². The second-order valence-corrected chi connectivity index (χ2v) is 7.56. The lowest BCUT2D eigenvalue weighted by molar-refractivity contribution is 0.0183. The molecule has 1 N–H and O–H groups in total. The van der Waals surface area contributed by atoms with Gasteiger partial charge in [0.25, 0.3) is 0 Å². The van der Waals surface area contributed by atoms with Crippen molar-refractivity contribution in [2.24, 2.45) is 34.5 Å². The third-order valence-electron chi connectivity index (χ3n) is 6.69. The topological polar surface area (TPSA) is 20.2 Å². The van der Waals surface area contributed by atoms with Crippen LogP contribution < -0.4 is 0 Å². The molecule has 2 bridgehead atoms. The molecular weight excluding hydrogens is 196 g/mol. The van der Waals surface area contributed by atoms with Crippen LogP contribution in [0.15, 0.2) is 0 Å². The van der Waals surface area contributed by atoms with Gasteiger partial charge in [-0.05, 0) is 60.2 Å². The first kappa shape index (κ1) is 11.1. The Morgan fingerprint density at radius 1 is 1.06 bits per heavy atom. The Labute approximate surface area is 99.6 Å². The smallest absolute Gasteiger partial charge is 0.0574 e. The van der Waals surface area contributed by atoms with Gasteiger partial charge in [-0.1, -0.05) is 27.7 Å². The molecule has 3 rings (SSSR count). The summed E-state index contributed by atoms with van der Waals surface area (Å²) in [5.41, 5.74) is 0.996. The fourth-order valence-electron chi connectivity index (χ4n) is 5.95. The number of aliphatic hydroxyl groups excluding tert-OH is 1. The molecule has 3 aliphatic rings. The summed E-state index contributed by atoms with van der Waals surface area (Å²) in [6, 6.07) is 0. The van der Waals surface area contributed by atoms with Gasteiger partial charge >= 0.3 is 0 Å². The van der Waals surface area contributed by atoms with Crippen molar-refractivity contribution in [2.75, 3.05) is 0 Å². The highest BCUT2D eigenvalue weighted by Crippen LogP contribution is 2.72. The first-order valence-corrected chi connectivity index (χ1v) is 7.07. The van der Waals surface area contributed by atoms with Crippen LogP contribution in [-0.2, 0) is 0 Å². The Bertz CT molecular complexity index is 309. The average molecular weight is 222 g/mol. The van der Waals surface area contributed by atoms with Gasteiger partial charge in [-0.3, -0.25) is 0 Å². The van der Waals surface area contributed by atoms with Crippen LogP contribution in [0, 0.1) is 34.5 Å². The van der Waals surface area contributed by atoms with Crippen LogP contribution in [0.1, 0.15) is 53.4 Å². The van der Waals surface area contributed by atoms with E-state index in [0.29, 0.717) is 16.7 Å². The fraction of sp³-hybridized carbons (Fsp3) is 1.00. The van der Waals surface area contributed by atoms with Gasteiger partial charge in [-0.25, -0.2) is 0 Å². The Morgan fingerprint density at radius 3 is 2.38 bits per heavy atom. The van der Waals surface area contributed by atoms with E-state index < -0.39 is 0 Å². The first-order chi connectivity index (χ1) is 7.39. The molecule has 3 fully saturated rings. The fourth-order valence-corrected chi connectivity index (χ4v) is 5.95. The molecular formula is C15H26O. The molecule has 0 aromatic heterocycles. The summed E-state index contributed by atoms with van der Waals surface area (Å²) in [5.74, 6) is 3.04. The van der Waals surface area contributed by atoms with Crippen molar-refractivity contribution in [3.8, 4) is 0 Å². The van der Waals surface area contributed by atoms with Gasteiger partial charge < -0.3 is 5.11 Å². The van der Waals surface area contributed by atoms with Gasteiger partial charge in [0.15, 0.2) is 0 Å². The molecule has 0 aromatic carbocycles. The molecule has 16 heavy (non-hydrogen) atoms. The zero-order valence-corrected chi connectivity index (χ0v) is 11.2. The number of rotatable bonds is 0. The second-order valence-electron chi connectivity index (χ2n) is 7.56. The maximum atomic E-state index is 10.2. The molecule has 0 aliphatic heterocycles. The quantitative estimate of drug-likeness (QED) is 0.665. The Balaban J connectivity index is 2.07. The highest BCUT2D eigenvalue weighted by molar-refractivity contribution is 5.15. The van der Waals surface area contributed by atoms with E-state index in [1.165, 1.54) is 19.3 Å². The van der Waals surface area contributed by atoms with Crippen molar-refractivity contribution in [2.45, 2.75) is 59.5 Å². The lowest BCUT2D eigenvalue weighted by atomic mass is 9.60. The lowest BCUT2D eigenvalue weighted by Crippen LogP contribution is -2.39. The third-order valence-corrected chi connectivity index (χ3v) is 6.69. The van der Waals surface area contributed by atoms with Crippen molar-refractivity contribution in [3.05, 3.63) is 0 Å². The molecule has 1 heteroatoms. The summed E-state index contributed by atoms with van der Waals surface area (Å²) in [6.45, 7) is 9.69. The lowest BCUT2D eigenvalue weighted by Gasteiger charge is -2.44. The van der Waals surface area contributed by atoms with E-state index in [9.17, 15) is 5.11 Å². The number of hydrogen-bond donors (Lipinski definition) is 1. The molecule has 0 aromatic rings. The Hall–Kier alpha value is -0.0400. The normalized spacial score (nSPS) is 58.7. The van der Waals surface area contributed by atoms with Crippen molar-refractivity contribution >= 4 is 0 Å². The van der Waals surface area contributed by atoms with Gasteiger partial charge in [0.2, 0.25) is 0 Å². The zero-order valence-electron chi connectivity index (χ0n) is 11.2. The molecule has 0 saturated heterocycles. The van der Waals surface area contributed by atoms with Crippen molar-refractivity contribution in [1.82, 2.24) is 0 Å². The molecule has 0 amide bonds. The van der Waals surface area contributed by atoms with Crippen LogP contribution in [0.5, 0.6) is 0 Å². The number of aliphatic hydroxyl groups is 1. The van der Waals surface area contributed by atoms with E-state index in [0.717, 1.165) is 24.2 Å². The predicted octanol–water partition coefficient (Wildman–Crippen LogP) is 3.47. The molecule has 0 spiro atoms. The summed E-state index contributed by atoms with van der Waals surface area (Å²) < 4.78 is 0. The average Bonchev–Trinajstić information content (AvgIpc) is 2.51. The van der Waals surface area contributed by atoms with Gasteiger partial charge in [-0.15, -0.1) is 0 Å². The molecule has 0 heterocycles. The van der Waals surface area contributed by atoms with E-state index in [1.54, 1.807) is 0 Å². The van der Waals surface area contributed by atoms with E-state index >= 15 is 0 Å². The summed E-state index contributed by atoms with van der Waals surface area (Å²) in [5, 5.41) is 10.2. The monoisotopic (exact) mass is 222 g/mol. The summed E-state index contributed by atoms with van der Waals surface area (Å²) in [7, 11) is 0. The SMILES string of the molecule is C[C@@H]1CC[C@@H]2[C@H]3C[C@H](O)[C@@H](C)[C@]13CC2(C)C. The van der Waals surface area contributed by atoms with E-state index in [2.05, 4.69) is 27.7 Å². The predicted molar refractivity (Wildman–Crippen MR) is 66.0 cm³/mol. The standard InChI is InChI=1S/C15H26O/c1-9-5-6-11-12-7-13(16)10(2)15(9,12)8-14(11,3)4/h9-13,16H,5-8H2,1-4H3/t9-,10-,11-,12-,13+,15+/m1/s1. The van der Waals surface area contributed by atoms with Crippen LogP contribution in [-0.4, -0.2) is 11.2 Å². The van der Waals surface area contributed by atoms with Crippen molar-refractivity contribution in [1.29, 1.82) is 0 Å². The molecule has 92 valence electrons. The number of hydrogen-bond acceptors (Lipinski definition) is 1. The largest absolute Gasteiger partial charge is 0.393 e. The second kappa shape index (κ2) is 3.04. The van der Waals surface area contributed by atoms with Crippen LogP contribution in [0.25, 0.3) is 0 Å². The molecule has 0 radical (unpaired) electrons. The Morgan fingerprint density at radius 2 is 1.75 bits per heavy atom. The minimum absolute atomic E-state index is 0.0239. The van der Waals surface area contributed by atoms with E-state index in [4.69, 9.17) is 0 Å². The maximum Gasteiger partial charge on any atom is 0.0574 e. The third kappa shape index (κ3) is 1.06. The molecule has 0 unspecified atom stereocenters. The Kier molecular flexibility index (Phi) is 2.11. The van der Waals surface area contributed by atoms with E-state index in [1.807, 2.05) is 0 Å². The highest BCUT2D eigenvalue weighted by Gasteiger charge is 2.67. The molecule has 1 nitrogen and oxygen atoms in total. The van der Waals surface area contributed by atoms with Gasteiger partial charge in [0.1, 0.15) is 0 Å². The minimum atomic E-state index is -0.0239. The van der Waals surface area contributed by atoms with Crippen molar-refractivity contribution in [3.63, 3.8) is 0 Å². The van der Waals surface area contributed by atoms with Crippen LogP contribution in [0.3, 0.4) is 0 Å².